The van der Waals surface area contributed by atoms with Crippen molar-refractivity contribution < 1.29 is 9.53 Å². The van der Waals surface area contributed by atoms with Crippen LogP contribution in [0.3, 0.4) is 0 Å². The number of hydrogen-bond donors (Lipinski definition) is 1. The van der Waals surface area contributed by atoms with Crippen molar-refractivity contribution in [2.45, 2.75) is 19.4 Å². The minimum atomic E-state index is -0.196. The second-order valence-electron chi connectivity index (χ2n) is 3.19. The van der Waals surface area contributed by atoms with Crippen molar-refractivity contribution >= 4 is 28.9 Å². The van der Waals surface area contributed by atoms with Crippen LogP contribution in [0.2, 0.25) is 4.34 Å². The molecule has 0 amide bonds. The molecule has 0 aromatic carbocycles. The van der Waals surface area contributed by atoms with Crippen LogP contribution in [-0.2, 0) is 9.53 Å². The van der Waals surface area contributed by atoms with Gasteiger partial charge in [0.25, 0.3) is 0 Å². The summed E-state index contributed by atoms with van der Waals surface area (Å²) in [7, 11) is 1.39. The van der Waals surface area contributed by atoms with Crippen LogP contribution in [0.1, 0.15) is 24.9 Å². The third-order valence-electron chi connectivity index (χ3n) is 2.10. The minimum Gasteiger partial charge on any atom is -0.469 e. The van der Waals surface area contributed by atoms with Crippen molar-refractivity contribution in [1.82, 2.24) is 5.32 Å². The quantitative estimate of drug-likeness (QED) is 0.813. The van der Waals surface area contributed by atoms with E-state index in [1.54, 1.807) is 0 Å². The molecular weight excluding hydrogens is 234 g/mol. The second-order valence-corrected chi connectivity index (χ2v) is 4.73. The first-order chi connectivity index (χ1) is 7.13. The van der Waals surface area contributed by atoms with Gasteiger partial charge in [-0.2, -0.15) is 0 Å². The van der Waals surface area contributed by atoms with E-state index in [2.05, 4.69) is 10.1 Å². The Balaban J connectivity index is 2.30. The summed E-state index contributed by atoms with van der Waals surface area (Å²) >= 11 is 7.34. The standard InChI is InChI=1S/C10H14ClNO2S/c1-7(8-5-9(11)15-6-8)12-4-3-10(13)14-2/h5-7,12H,3-4H2,1-2H3. The average molecular weight is 248 g/mol. The predicted octanol–water partition coefficient (Wildman–Crippen LogP) is 2.62. The molecule has 15 heavy (non-hydrogen) atoms. The van der Waals surface area contributed by atoms with Gasteiger partial charge in [0.15, 0.2) is 0 Å². The Bertz CT molecular complexity index is 327. The van der Waals surface area contributed by atoms with E-state index in [9.17, 15) is 4.79 Å². The number of nitrogens with one attached hydrogen (secondary N) is 1. The highest BCUT2D eigenvalue weighted by Crippen LogP contribution is 2.24. The van der Waals surface area contributed by atoms with Crippen LogP contribution in [0.15, 0.2) is 11.4 Å². The molecule has 1 aromatic heterocycles. The smallest absolute Gasteiger partial charge is 0.306 e. The molecule has 1 heterocycles. The maximum Gasteiger partial charge on any atom is 0.306 e. The lowest BCUT2D eigenvalue weighted by atomic mass is 10.2. The molecule has 0 fully saturated rings. The number of rotatable bonds is 5. The summed E-state index contributed by atoms with van der Waals surface area (Å²) in [6, 6.07) is 2.14. The maximum absolute atomic E-state index is 10.9. The number of carbonyl (C=O) groups is 1. The fourth-order valence-corrected chi connectivity index (χ4v) is 2.15. The minimum absolute atomic E-state index is 0.196. The zero-order chi connectivity index (χ0) is 11.3. The summed E-state index contributed by atoms with van der Waals surface area (Å²) < 4.78 is 5.33. The molecule has 3 nitrogen and oxygen atoms in total. The van der Waals surface area contributed by atoms with Crippen molar-refractivity contribution in [3.8, 4) is 0 Å². The number of thiophene rings is 1. The molecule has 0 radical (unpaired) electrons. The van der Waals surface area contributed by atoms with E-state index in [0.717, 1.165) is 9.90 Å². The molecule has 1 aromatic rings. The first-order valence-electron chi connectivity index (χ1n) is 4.67. The highest BCUT2D eigenvalue weighted by atomic mass is 35.5. The predicted molar refractivity (Wildman–Crippen MR) is 62.4 cm³/mol. The third-order valence-corrected chi connectivity index (χ3v) is 3.20. The second kappa shape index (κ2) is 6.10. The van der Waals surface area contributed by atoms with E-state index in [4.69, 9.17) is 11.6 Å². The number of halogens is 1. The van der Waals surface area contributed by atoms with E-state index < -0.39 is 0 Å². The van der Waals surface area contributed by atoms with Gasteiger partial charge in [-0.05, 0) is 23.9 Å². The van der Waals surface area contributed by atoms with Crippen LogP contribution in [0, 0.1) is 0 Å². The van der Waals surface area contributed by atoms with E-state index in [1.165, 1.54) is 18.4 Å². The van der Waals surface area contributed by atoms with Crippen LogP contribution in [0.5, 0.6) is 0 Å². The molecule has 0 saturated carbocycles. The number of carbonyl (C=O) groups excluding carboxylic acids is 1. The van der Waals surface area contributed by atoms with Gasteiger partial charge >= 0.3 is 5.97 Å². The molecule has 0 saturated heterocycles. The molecule has 1 N–H and O–H groups in total. The van der Waals surface area contributed by atoms with Gasteiger partial charge in [-0.1, -0.05) is 11.6 Å². The Morgan fingerprint density at radius 3 is 3.00 bits per heavy atom. The maximum atomic E-state index is 10.9. The molecule has 5 heteroatoms. The average Bonchev–Trinajstić information content (AvgIpc) is 2.64. The Labute approximate surface area is 98.4 Å². The van der Waals surface area contributed by atoms with E-state index in [0.29, 0.717) is 13.0 Å². The fraction of sp³-hybridized carbons (Fsp3) is 0.500. The Kier molecular flexibility index (Phi) is 5.08. The molecular formula is C10H14ClNO2S. The van der Waals surface area contributed by atoms with Gasteiger partial charge in [-0.25, -0.2) is 0 Å². The van der Waals surface area contributed by atoms with Crippen molar-refractivity contribution in [2.75, 3.05) is 13.7 Å². The largest absolute Gasteiger partial charge is 0.469 e. The summed E-state index contributed by atoms with van der Waals surface area (Å²) in [5.41, 5.74) is 1.15. The van der Waals surface area contributed by atoms with Gasteiger partial charge in [0.05, 0.1) is 17.9 Å². The Morgan fingerprint density at radius 1 is 1.73 bits per heavy atom. The number of hydrogen-bond acceptors (Lipinski definition) is 4. The van der Waals surface area contributed by atoms with Gasteiger partial charge in [0.1, 0.15) is 0 Å². The molecule has 1 unspecified atom stereocenters. The highest BCUT2D eigenvalue weighted by molar-refractivity contribution is 7.14. The van der Waals surface area contributed by atoms with E-state index in [-0.39, 0.29) is 12.0 Å². The summed E-state index contributed by atoms with van der Waals surface area (Å²) in [4.78, 5) is 10.9. The molecule has 0 aliphatic carbocycles. The zero-order valence-corrected chi connectivity index (χ0v) is 10.3. The van der Waals surface area contributed by atoms with E-state index >= 15 is 0 Å². The van der Waals surface area contributed by atoms with Crippen LogP contribution < -0.4 is 5.32 Å². The normalized spacial score (nSPS) is 12.5. The van der Waals surface area contributed by atoms with Gasteiger partial charge in [0, 0.05) is 12.6 Å². The lowest BCUT2D eigenvalue weighted by molar-refractivity contribution is -0.140. The van der Waals surface area contributed by atoms with Gasteiger partial charge in [-0.15, -0.1) is 11.3 Å². The third kappa shape index (κ3) is 4.20. The lowest BCUT2D eigenvalue weighted by Crippen LogP contribution is -2.22. The molecule has 0 aliphatic rings. The van der Waals surface area contributed by atoms with Crippen molar-refractivity contribution in [3.05, 3.63) is 21.3 Å². The van der Waals surface area contributed by atoms with Gasteiger partial charge < -0.3 is 10.1 Å². The van der Waals surface area contributed by atoms with Gasteiger partial charge in [0.2, 0.25) is 0 Å². The summed E-state index contributed by atoms with van der Waals surface area (Å²) in [5, 5.41) is 5.24. The number of methoxy groups -OCH3 is 1. The first-order valence-corrected chi connectivity index (χ1v) is 5.93. The topological polar surface area (TPSA) is 38.3 Å². The van der Waals surface area contributed by atoms with Crippen LogP contribution in [-0.4, -0.2) is 19.6 Å². The summed E-state index contributed by atoms with van der Waals surface area (Å²) in [6.45, 7) is 2.65. The molecule has 0 spiro atoms. The molecule has 1 rings (SSSR count). The molecule has 0 bridgehead atoms. The molecule has 0 aliphatic heterocycles. The van der Waals surface area contributed by atoms with Crippen molar-refractivity contribution in [3.63, 3.8) is 0 Å². The summed E-state index contributed by atoms with van der Waals surface area (Å²) in [5.74, 6) is -0.196. The van der Waals surface area contributed by atoms with Gasteiger partial charge in [-0.3, -0.25) is 4.79 Å². The Morgan fingerprint density at radius 2 is 2.47 bits per heavy atom. The molecule has 84 valence electrons. The lowest BCUT2D eigenvalue weighted by Gasteiger charge is -2.11. The fourth-order valence-electron chi connectivity index (χ4n) is 1.16. The van der Waals surface area contributed by atoms with Crippen LogP contribution in [0.4, 0.5) is 0 Å². The Hall–Kier alpha value is -0.580. The summed E-state index contributed by atoms with van der Waals surface area (Å²) in [6.07, 6.45) is 0.388. The van der Waals surface area contributed by atoms with Crippen molar-refractivity contribution in [1.29, 1.82) is 0 Å². The van der Waals surface area contributed by atoms with Crippen LogP contribution in [0.25, 0.3) is 0 Å². The zero-order valence-electron chi connectivity index (χ0n) is 8.75. The number of esters is 1. The van der Waals surface area contributed by atoms with Crippen LogP contribution >= 0.6 is 22.9 Å². The highest BCUT2D eigenvalue weighted by Gasteiger charge is 2.07. The first kappa shape index (κ1) is 12.5. The number of ether oxygens (including phenoxy) is 1. The SMILES string of the molecule is COC(=O)CCNC(C)c1csc(Cl)c1. The van der Waals surface area contributed by atoms with Crippen molar-refractivity contribution in [2.24, 2.45) is 0 Å². The molecule has 1 atom stereocenters. The monoisotopic (exact) mass is 247 g/mol. The van der Waals surface area contributed by atoms with E-state index in [1.807, 2.05) is 18.4 Å².